The van der Waals surface area contributed by atoms with Crippen LogP contribution in [-0.4, -0.2) is 6.04 Å². The molecule has 1 N–H and O–H groups in total. The van der Waals surface area contributed by atoms with Crippen LogP contribution in [0.3, 0.4) is 0 Å². The highest BCUT2D eigenvalue weighted by atomic mass is 15.0. The number of aryl methyl sites for hydroxylation is 2. The second-order valence-electron chi connectivity index (χ2n) is 5.62. The van der Waals surface area contributed by atoms with Gasteiger partial charge >= 0.3 is 0 Å². The van der Waals surface area contributed by atoms with Crippen molar-refractivity contribution in [1.82, 2.24) is 5.32 Å². The summed E-state index contributed by atoms with van der Waals surface area (Å²) >= 11 is 0. The summed E-state index contributed by atoms with van der Waals surface area (Å²) in [5, 5.41) is 3.62. The summed E-state index contributed by atoms with van der Waals surface area (Å²) < 4.78 is 0. The van der Waals surface area contributed by atoms with Crippen molar-refractivity contribution in [3.8, 4) is 0 Å². The van der Waals surface area contributed by atoms with Crippen LogP contribution < -0.4 is 5.32 Å². The van der Waals surface area contributed by atoms with E-state index in [0.717, 1.165) is 12.6 Å². The molecule has 0 radical (unpaired) electrons. The van der Waals surface area contributed by atoms with Gasteiger partial charge in [0.05, 0.1) is 0 Å². The molecule has 0 aromatic heterocycles. The molecule has 82 valence electrons. The number of rotatable bonds is 3. The van der Waals surface area contributed by atoms with Gasteiger partial charge in [-0.05, 0) is 31.2 Å². The van der Waals surface area contributed by atoms with E-state index in [1.165, 1.54) is 23.1 Å². The first-order valence-corrected chi connectivity index (χ1v) is 5.78. The fourth-order valence-corrected chi connectivity index (χ4v) is 2.23. The Hall–Kier alpha value is -0.820. The van der Waals surface area contributed by atoms with Crippen molar-refractivity contribution in [2.75, 3.05) is 0 Å². The van der Waals surface area contributed by atoms with E-state index < -0.39 is 0 Å². The fourth-order valence-electron chi connectivity index (χ4n) is 2.23. The summed E-state index contributed by atoms with van der Waals surface area (Å²) in [7, 11) is 0. The lowest BCUT2D eigenvalue weighted by atomic mass is 10.1. The summed E-state index contributed by atoms with van der Waals surface area (Å²) in [4.78, 5) is 0. The maximum atomic E-state index is 3.62. The van der Waals surface area contributed by atoms with Crippen LogP contribution in [0.25, 0.3) is 0 Å². The summed E-state index contributed by atoms with van der Waals surface area (Å²) in [5.41, 5.74) is 4.66. The fraction of sp³-hybridized carbons (Fsp3) is 0.571. The minimum Gasteiger partial charge on any atom is -0.309 e. The Morgan fingerprint density at radius 1 is 1.20 bits per heavy atom. The zero-order chi connectivity index (χ0) is 11.1. The van der Waals surface area contributed by atoms with Gasteiger partial charge in [0, 0.05) is 12.6 Å². The van der Waals surface area contributed by atoms with Gasteiger partial charge in [-0.25, -0.2) is 0 Å². The highest BCUT2D eigenvalue weighted by molar-refractivity contribution is 5.28. The Kier molecular flexibility index (Phi) is 2.59. The molecule has 0 saturated heterocycles. The van der Waals surface area contributed by atoms with E-state index in [1.54, 1.807) is 0 Å². The third kappa shape index (κ3) is 2.60. The molecule has 0 heterocycles. The Bertz CT molecular complexity index is 345. The molecule has 0 amide bonds. The van der Waals surface area contributed by atoms with Gasteiger partial charge in [-0.2, -0.15) is 0 Å². The first-order chi connectivity index (χ1) is 6.97. The number of nitrogens with one attached hydrogen (secondary N) is 1. The molecular weight excluding hydrogens is 182 g/mol. The molecule has 1 aromatic rings. The van der Waals surface area contributed by atoms with Crippen molar-refractivity contribution in [2.45, 2.75) is 46.7 Å². The monoisotopic (exact) mass is 203 g/mol. The van der Waals surface area contributed by atoms with Crippen LogP contribution in [0.15, 0.2) is 18.2 Å². The van der Waals surface area contributed by atoms with Crippen LogP contribution in [0.1, 0.15) is 37.0 Å². The summed E-state index contributed by atoms with van der Waals surface area (Å²) in [6.45, 7) is 9.99. The summed E-state index contributed by atoms with van der Waals surface area (Å²) in [5.74, 6) is 0. The molecule has 1 aromatic carbocycles. The van der Waals surface area contributed by atoms with Crippen molar-refractivity contribution in [2.24, 2.45) is 5.41 Å². The lowest BCUT2D eigenvalue weighted by Gasteiger charge is -2.08. The van der Waals surface area contributed by atoms with E-state index in [1.807, 2.05) is 0 Å². The molecule has 1 fully saturated rings. The lowest BCUT2D eigenvalue weighted by molar-refractivity contribution is 0.542. The van der Waals surface area contributed by atoms with E-state index in [-0.39, 0.29) is 0 Å². The van der Waals surface area contributed by atoms with Gasteiger partial charge in [0.1, 0.15) is 0 Å². The first-order valence-electron chi connectivity index (χ1n) is 5.78. The Morgan fingerprint density at radius 2 is 1.73 bits per heavy atom. The molecule has 0 aliphatic heterocycles. The van der Waals surface area contributed by atoms with Crippen molar-refractivity contribution in [3.05, 3.63) is 34.9 Å². The van der Waals surface area contributed by atoms with Crippen molar-refractivity contribution < 1.29 is 0 Å². The smallest absolute Gasteiger partial charge is 0.0208 e. The molecule has 1 atom stereocenters. The summed E-state index contributed by atoms with van der Waals surface area (Å²) in [6.07, 6.45) is 1.32. The minimum absolute atomic E-state index is 0.527. The predicted molar refractivity (Wildman–Crippen MR) is 64.9 cm³/mol. The zero-order valence-corrected chi connectivity index (χ0v) is 10.2. The third-order valence-electron chi connectivity index (χ3n) is 3.35. The van der Waals surface area contributed by atoms with E-state index in [2.05, 4.69) is 51.2 Å². The molecule has 1 nitrogen and oxygen atoms in total. The van der Waals surface area contributed by atoms with Gasteiger partial charge in [0.25, 0.3) is 0 Å². The first kappa shape index (κ1) is 10.7. The molecule has 1 saturated carbocycles. The van der Waals surface area contributed by atoms with Gasteiger partial charge in [-0.15, -0.1) is 0 Å². The molecule has 1 heteroatoms. The standard InChI is InChI=1S/C14H21N/c1-10-5-11(2)7-12(6-10)9-15-13-8-14(13,3)4/h5-7,13,15H,8-9H2,1-4H3. The largest absolute Gasteiger partial charge is 0.309 e. The van der Waals surface area contributed by atoms with Crippen LogP contribution in [0.5, 0.6) is 0 Å². The molecule has 0 bridgehead atoms. The maximum Gasteiger partial charge on any atom is 0.0208 e. The molecule has 1 aliphatic carbocycles. The highest BCUT2D eigenvalue weighted by Gasteiger charge is 2.44. The van der Waals surface area contributed by atoms with E-state index in [9.17, 15) is 0 Å². The van der Waals surface area contributed by atoms with Crippen molar-refractivity contribution >= 4 is 0 Å². The SMILES string of the molecule is Cc1cc(C)cc(CNC2CC2(C)C)c1. The number of hydrogen-bond donors (Lipinski definition) is 1. The van der Waals surface area contributed by atoms with Crippen molar-refractivity contribution in [1.29, 1.82) is 0 Å². The van der Waals surface area contributed by atoms with Gasteiger partial charge < -0.3 is 5.32 Å². The second-order valence-corrected chi connectivity index (χ2v) is 5.62. The molecule has 15 heavy (non-hydrogen) atoms. The van der Waals surface area contributed by atoms with Gasteiger partial charge in [-0.1, -0.05) is 43.2 Å². The van der Waals surface area contributed by atoms with Gasteiger partial charge in [0.15, 0.2) is 0 Å². The molecule has 2 rings (SSSR count). The van der Waals surface area contributed by atoms with Crippen LogP contribution in [0.2, 0.25) is 0 Å². The zero-order valence-electron chi connectivity index (χ0n) is 10.2. The van der Waals surface area contributed by atoms with Crippen LogP contribution in [-0.2, 0) is 6.54 Å². The Labute approximate surface area is 92.9 Å². The van der Waals surface area contributed by atoms with Crippen LogP contribution >= 0.6 is 0 Å². The van der Waals surface area contributed by atoms with Crippen LogP contribution in [0, 0.1) is 19.3 Å². The van der Waals surface area contributed by atoms with E-state index in [4.69, 9.17) is 0 Å². The number of hydrogen-bond acceptors (Lipinski definition) is 1. The highest BCUT2D eigenvalue weighted by Crippen LogP contribution is 2.44. The topological polar surface area (TPSA) is 12.0 Å². The molecule has 1 unspecified atom stereocenters. The van der Waals surface area contributed by atoms with Crippen LogP contribution in [0.4, 0.5) is 0 Å². The van der Waals surface area contributed by atoms with Crippen molar-refractivity contribution in [3.63, 3.8) is 0 Å². The maximum absolute atomic E-state index is 3.62. The second kappa shape index (κ2) is 3.64. The molecular formula is C14H21N. The normalized spacial score (nSPS) is 22.8. The average molecular weight is 203 g/mol. The predicted octanol–water partition coefficient (Wildman–Crippen LogP) is 3.19. The lowest BCUT2D eigenvalue weighted by Crippen LogP contribution is -2.19. The van der Waals surface area contributed by atoms with E-state index >= 15 is 0 Å². The van der Waals surface area contributed by atoms with Gasteiger partial charge in [0.2, 0.25) is 0 Å². The summed E-state index contributed by atoms with van der Waals surface area (Å²) in [6, 6.07) is 7.49. The van der Waals surface area contributed by atoms with Gasteiger partial charge in [-0.3, -0.25) is 0 Å². The molecule has 0 spiro atoms. The minimum atomic E-state index is 0.527. The Balaban J connectivity index is 1.94. The number of benzene rings is 1. The Morgan fingerprint density at radius 3 is 2.20 bits per heavy atom. The third-order valence-corrected chi connectivity index (χ3v) is 3.35. The molecule has 1 aliphatic rings. The average Bonchev–Trinajstić information content (AvgIpc) is 2.69. The van der Waals surface area contributed by atoms with E-state index in [0.29, 0.717) is 5.41 Å². The quantitative estimate of drug-likeness (QED) is 0.795.